The van der Waals surface area contributed by atoms with E-state index in [1.807, 2.05) is 48.5 Å². The number of benzene rings is 2. The first kappa shape index (κ1) is 20.3. The molecule has 0 saturated carbocycles. The van der Waals surface area contributed by atoms with Crippen LogP contribution in [0.2, 0.25) is 0 Å². The maximum absolute atomic E-state index is 10.4. The number of hydrogen-bond acceptors (Lipinski definition) is 4. The molecule has 0 unspecified atom stereocenters. The second-order valence-corrected chi connectivity index (χ2v) is 6.27. The van der Waals surface area contributed by atoms with Gasteiger partial charge in [0.1, 0.15) is 0 Å². The fourth-order valence-electron chi connectivity index (χ4n) is 2.40. The molecule has 29 heavy (non-hydrogen) atoms. The van der Waals surface area contributed by atoms with Gasteiger partial charge in [-0.3, -0.25) is 4.79 Å². The Bertz CT molecular complexity index is 1170. The Balaban J connectivity index is 0.000000353. The van der Waals surface area contributed by atoms with E-state index in [1.54, 1.807) is 6.20 Å². The minimum absolute atomic E-state index is 0.508. The van der Waals surface area contributed by atoms with Crippen molar-refractivity contribution in [3.8, 4) is 0 Å². The summed E-state index contributed by atoms with van der Waals surface area (Å²) in [5, 5.41) is 5.70. The number of carbonyl (C=O) groups is 1. The molecule has 6 bridgehead atoms. The zero-order valence-electron chi connectivity index (χ0n) is 14.7. The lowest BCUT2D eigenvalue weighted by atomic mass is 10.2. The van der Waals surface area contributed by atoms with E-state index in [4.69, 9.17) is 16.4 Å². The third-order valence-electron chi connectivity index (χ3n) is 3.62. The number of carbonyl (C=O) groups excluding carboxylic acids is 1. The van der Waals surface area contributed by atoms with Crippen molar-refractivity contribution in [1.82, 2.24) is 15.0 Å². The molecule has 0 fully saturated rings. The van der Waals surface area contributed by atoms with E-state index in [9.17, 15) is 13.2 Å². The second kappa shape index (κ2) is 8.74. The molecule has 1 aliphatic heterocycles. The zero-order valence-corrected chi connectivity index (χ0v) is 15.5. The number of alkyl halides is 3. The van der Waals surface area contributed by atoms with Gasteiger partial charge in [-0.2, -0.15) is 13.2 Å². The lowest BCUT2D eigenvalue weighted by Crippen LogP contribution is -2.07. The number of rotatable bonds is 0. The first-order valence-electron chi connectivity index (χ1n) is 8.31. The summed E-state index contributed by atoms with van der Waals surface area (Å²) >= 11 is 6.22. The number of nitrogens with zero attached hydrogens (tertiary/aromatic N) is 2. The molecule has 0 atom stereocenters. The summed E-state index contributed by atoms with van der Waals surface area (Å²) in [6.45, 7) is 0. The summed E-state index contributed by atoms with van der Waals surface area (Å²) < 4.78 is 31.2. The van der Waals surface area contributed by atoms with Gasteiger partial charge in [0, 0.05) is 6.20 Å². The van der Waals surface area contributed by atoms with E-state index in [2.05, 4.69) is 32.4 Å². The van der Waals surface area contributed by atoms with Gasteiger partial charge in [0.15, 0.2) is 5.82 Å². The normalized spacial score (nSPS) is 12.1. The lowest BCUT2D eigenvalue weighted by molar-refractivity contribution is -0.156. The molecule has 0 radical (unpaired) electrons. The maximum atomic E-state index is 10.4. The van der Waals surface area contributed by atoms with Crippen molar-refractivity contribution in [2.75, 3.05) is 5.32 Å². The van der Waals surface area contributed by atoms with Crippen LogP contribution in [0.3, 0.4) is 0 Å². The smallest absolute Gasteiger partial charge is 0.331 e. The molecule has 2 aromatic carbocycles. The molecule has 0 aliphatic carbocycles. The molecular formula is C20H14ClF3N4O. The summed E-state index contributed by atoms with van der Waals surface area (Å²) in [6.07, 6.45) is -4.02. The van der Waals surface area contributed by atoms with Crippen molar-refractivity contribution >= 4 is 50.7 Å². The highest BCUT2D eigenvalue weighted by Crippen LogP contribution is 2.19. The van der Waals surface area contributed by atoms with Gasteiger partial charge in [0.2, 0.25) is 12.2 Å². The van der Waals surface area contributed by atoms with Gasteiger partial charge in [-0.1, -0.05) is 48.0 Å². The third kappa shape index (κ3) is 6.05. The second-order valence-electron chi connectivity index (χ2n) is 5.87. The van der Waals surface area contributed by atoms with E-state index >= 15 is 0 Å². The Morgan fingerprint density at radius 2 is 1.45 bits per heavy atom. The van der Waals surface area contributed by atoms with Crippen LogP contribution in [0.15, 0.2) is 66.9 Å². The first-order chi connectivity index (χ1) is 13.8. The van der Waals surface area contributed by atoms with Crippen molar-refractivity contribution in [2.45, 2.75) is 6.18 Å². The number of aromatic nitrogens is 3. The predicted octanol–water partition coefficient (Wildman–Crippen LogP) is 5.51. The van der Waals surface area contributed by atoms with Crippen LogP contribution in [0.4, 0.5) is 19.1 Å². The van der Waals surface area contributed by atoms with Gasteiger partial charge in [0.05, 0.1) is 16.1 Å². The first-order valence-corrected chi connectivity index (χ1v) is 8.68. The number of anilines is 1. The Hall–Kier alpha value is -3.39. The Kier molecular flexibility index (Phi) is 6.13. The summed E-state index contributed by atoms with van der Waals surface area (Å²) in [6, 6.07) is 20.1. The molecule has 1 aromatic heterocycles. The van der Waals surface area contributed by atoms with Crippen molar-refractivity contribution in [3.05, 3.63) is 72.7 Å². The summed E-state index contributed by atoms with van der Waals surface area (Å²) in [7, 11) is 0. The van der Waals surface area contributed by atoms with Gasteiger partial charge >= 0.3 is 6.18 Å². The summed E-state index contributed by atoms with van der Waals surface area (Å²) in [5.74, 6) is 1.16. The molecular weight excluding hydrogens is 405 g/mol. The highest BCUT2D eigenvalue weighted by Gasteiger charge is 2.24. The Morgan fingerprint density at radius 3 is 2.00 bits per heavy atom. The minimum Gasteiger partial charge on any atom is -0.331 e. The molecule has 0 amide bonds. The van der Waals surface area contributed by atoms with Crippen LogP contribution in [-0.4, -0.2) is 27.4 Å². The van der Waals surface area contributed by atoms with Gasteiger partial charge < -0.3 is 10.3 Å². The quantitative estimate of drug-likeness (QED) is 0.472. The Labute approximate surface area is 168 Å². The predicted molar refractivity (Wildman–Crippen MR) is 107 cm³/mol. The van der Waals surface area contributed by atoms with Crippen LogP contribution in [-0.2, 0) is 4.79 Å². The van der Waals surface area contributed by atoms with Gasteiger partial charge in [-0.15, -0.1) is 0 Å². The van der Waals surface area contributed by atoms with Gasteiger partial charge in [-0.25, -0.2) is 9.97 Å². The fourth-order valence-corrected chi connectivity index (χ4v) is 2.54. The number of halogens is 4. The van der Waals surface area contributed by atoms with Crippen molar-refractivity contribution in [1.29, 1.82) is 0 Å². The van der Waals surface area contributed by atoms with Gasteiger partial charge in [0.25, 0.3) is 0 Å². The zero-order chi connectivity index (χ0) is 20.9. The largest absolute Gasteiger partial charge is 0.446 e. The van der Waals surface area contributed by atoms with Crippen LogP contribution >= 0.6 is 11.6 Å². The van der Waals surface area contributed by atoms with Crippen molar-refractivity contribution in [3.63, 3.8) is 0 Å². The number of aromatic amines is 1. The summed E-state index contributed by atoms with van der Waals surface area (Å²) in [5.41, 5.74) is 1.67. The van der Waals surface area contributed by atoms with Gasteiger partial charge in [-0.05, 0) is 35.0 Å². The van der Waals surface area contributed by atoms with Crippen LogP contribution in [0.25, 0.3) is 26.8 Å². The monoisotopic (exact) mass is 418 g/mol. The molecule has 4 rings (SSSR count). The highest BCUT2D eigenvalue weighted by molar-refractivity contribution is 6.48. The molecule has 2 N–H and O–H groups in total. The highest BCUT2D eigenvalue weighted by atomic mass is 35.5. The summed E-state index contributed by atoms with van der Waals surface area (Å²) in [4.78, 5) is 21.0. The number of H-pyrrole nitrogens is 1. The molecule has 5 nitrogen and oxygen atoms in total. The molecule has 0 spiro atoms. The third-order valence-corrected chi connectivity index (χ3v) is 3.91. The number of hydrogen-bond donors (Lipinski definition) is 2. The van der Waals surface area contributed by atoms with Crippen molar-refractivity contribution < 1.29 is 18.0 Å². The van der Waals surface area contributed by atoms with Crippen molar-refractivity contribution in [2.24, 2.45) is 0 Å². The van der Waals surface area contributed by atoms with E-state index in [0.29, 0.717) is 16.8 Å². The number of aldehydes is 1. The maximum Gasteiger partial charge on any atom is 0.446 e. The SMILES string of the molecule is ClC1=CNc2nc3cccc(ccc4cccc(c4)nc1[nH]2)c3.O=CC(F)(F)F. The molecule has 0 saturated heterocycles. The van der Waals surface area contributed by atoms with Crippen LogP contribution in [0.5, 0.6) is 0 Å². The molecule has 3 aromatic rings. The average Bonchev–Trinajstić information content (AvgIpc) is 2.69. The number of nitrogens with one attached hydrogen (secondary N) is 2. The van der Waals surface area contributed by atoms with E-state index < -0.39 is 12.5 Å². The average molecular weight is 419 g/mol. The van der Waals surface area contributed by atoms with Crippen LogP contribution in [0, 0.1) is 0 Å². The number of fused-ring (bicyclic) bond motifs is 6. The molecule has 148 valence electrons. The lowest BCUT2D eigenvalue weighted by Gasteiger charge is -2.07. The molecule has 9 heteroatoms. The molecule has 1 aliphatic rings. The van der Waals surface area contributed by atoms with E-state index in [0.717, 1.165) is 21.8 Å². The van der Waals surface area contributed by atoms with E-state index in [-0.39, 0.29) is 0 Å². The Morgan fingerprint density at radius 1 is 0.897 bits per heavy atom. The van der Waals surface area contributed by atoms with Crippen LogP contribution in [0.1, 0.15) is 5.82 Å². The minimum atomic E-state index is -4.64. The van der Waals surface area contributed by atoms with E-state index in [1.165, 1.54) is 0 Å². The van der Waals surface area contributed by atoms with Crippen LogP contribution < -0.4 is 5.32 Å². The molecule has 2 heterocycles. The fraction of sp³-hybridized carbons (Fsp3) is 0.0500. The standard InChI is InChI=1S/C18H13ClN4.C2HF3O/c19-16-11-20-18-22-15-6-2-4-13(10-15)8-7-12-3-1-5-14(9-12)21-17(16)23-18;3-2(4,5)1-6/h1-11H,(H2,20,21,22,23);1H. The topological polar surface area (TPSA) is 70.7 Å².